The van der Waals surface area contributed by atoms with Crippen LogP contribution in [0.5, 0.6) is 0 Å². The number of hydrogen-bond donors (Lipinski definition) is 0. The molecule has 12 heavy (non-hydrogen) atoms. The molecule has 1 amide bonds. The maximum atomic E-state index is 11.2. The first-order valence-electron chi connectivity index (χ1n) is 4.05. The normalized spacial score (nSPS) is 23.3. The minimum absolute atomic E-state index is 0.0724. The maximum absolute atomic E-state index is 11.2. The van der Waals surface area contributed by atoms with Crippen molar-refractivity contribution in [3.05, 3.63) is 0 Å². The molecule has 0 radical (unpaired) electrons. The second-order valence-corrected chi connectivity index (χ2v) is 3.49. The Hall–Kier alpha value is -0.380. The first kappa shape index (κ1) is 9.71. The standard InChI is InChI=1S/C8H12BrNO2/c1-2-10-5-6(3-8(10)12)7(11)4-9/h6H,2-5H2,1H3. The number of nitrogens with zero attached hydrogens (tertiary/aromatic N) is 1. The lowest BCUT2D eigenvalue weighted by molar-refractivity contribution is -0.128. The summed E-state index contributed by atoms with van der Waals surface area (Å²) in [5.41, 5.74) is 0. The van der Waals surface area contributed by atoms with Crippen molar-refractivity contribution < 1.29 is 9.59 Å². The molecule has 3 nitrogen and oxygen atoms in total. The van der Waals surface area contributed by atoms with Gasteiger partial charge in [0.25, 0.3) is 0 Å². The summed E-state index contributed by atoms with van der Waals surface area (Å²) in [5, 5.41) is 0.364. The van der Waals surface area contributed by atoms with Crippen molar-refractivity contribution in [2.45, 2.75) is 13.3 Å². The van der Waals surface area contributed by atoms with Crippen LogP contribution in [-0.4, -0.2) is 35.0 Å². The molecule has 0 aromatic heterocycles. The van der Waals surface area contributed by atoms with Gasteiger partial charge in [0, 0.05) is 25.4 Å². The maximum Gasteiger partial charge on any atom is 0.223 e. The monoisotopic (exact) mass is 233 g/mol. The second kappa shape index (κ2) is 4.03. The van der Waals surface area contributed by atoms with Gasteiger partial charge in [-0.1, -0.05) is 15.9 Å². The molecule has 0 aromatic carbocycles. The highest BCUT2D eigenvalue weighted by atomic mass is 79.9. The van der Waals surface area contributed by atoms with E-state index in [2.05, 4.69) is 15.9 Å². The molecule has 0 saturated carbocycles. The summed E-state index contributed by atoms with van der Waals surface area (Å²) in [5.74, 6) is 0.174. The number of rotatable bonds is 3. The van der Waals surface area contributed by atoms with Gasteiger partial charge in [0.15, 0.2) is 0 Å². The summed E-state index contributed by atoms with van der Waals surface area (Å²) in [6.07, 6.45) is 0.401. The van der Waals surface area contributed by atoms with Gasteiger partial charge in [-0.2, -0.15) is 0 Å². The highest BCUT2D eigenvalue weighted by Gasteiger charge is 2.32. The third kappa shape index (κ3) is 1.86. The van der Waals surface area contributed by atoms with E-state index in [0.717, 1.165) is 0 Å². The van der Waals surface area contributed by atoms with Gasteiger partial charge in [0.2, 0.25) is 5.91 Å². The topological polar surface area (TPSA) is 37.4 Å². The van der Waals surface area contributed by atoms with Crippen molar-refractivity contribution in [1.29, 1.82) is 0 Å². The highest BCUT2D eigenvalue weighted by Crippen LogP contribution is 2.18. The number of ketones is 1. The molecule has 1 fully saturated rings. The fourth-order valence-corrected chi connectivity index (χ4v) is 1.86. The zero-order valence-corrected chi connectivity index (χ0v) is 8.63. The molecule has 4 heteroatoms. The van der Waals surface area contributed by atoms with E-state index in [1.165, 1.54) is 0 Å². The van der Waals surface area contributed by atoms with Crippen LogP contribution in [0.1, 0.15) is 13.3 Å². The summed E-state index contributed by atoms with van der Waals surface area (Å²) >= 11 is 3.11. The number of amides is 1. The second-order valence-electron chi connectivity index (χ2n) is 2.93. The summed E-state index contributed by atoms with van der Waals surface area (Å²) in [6.45, 7) is 3.25. The number of Topliss-reactive ketones (excluding diaryl/α,β-unsaturated/α-hetero) is 1. The fourth-order valence-electron chi connectivity index (χ4n) is 1.40. The lowest BCUT2D eigenvalue weighted by atomic mass is 10.1. The predicted octanol–water partition coefficient (Wildman–Crippen LogP) is 0.819. The Morgan fingerprint density at radius 2 is 2.42 bits per heavy atom. The van der Waals surface area contributed by atoms with E-state index in [0.29, 0.717) is 24.8 Å². The third-order valence-electron chi connectivity index (χ3n) is 2.18. The average molecular weight is 234 g/mol. The number of halogens is 1. The van der Waals surface area contributed by atoms with Gasteiger partial charge >= 0.3 is 0 Å². The number of carbonyl (C=O) groups is 2. The van der Waals surface area contributed by atoms with E-state index in [9.17, 15) is 9.59 Å². The molecule has 1 atom stereocenters. The molecule has 0 bridgehead atoms. The first-order valence-corrected chi connectivity index (χ1v) is 5.17. The zero-order chi connectivity index (χ0) is 9.14. The van der Waals surface area contributed by atoms with Crippen molar-refractivity contribution in [3.8, 4) is 0 Å². The molecular formula is C8H12BrNO2. The van der Waals surface area contributed by atoms with Crippen molar-refractivity contribution in [2.75, 3.05) is 18.4 Å². The molecule has 1 heterocycles. The molecule has 0 spiro atoms. The number of hydrogen-bond acceptors (Lipinski definition) is 2. The van der Waals surface area contributed by atoms with E-state index in [4.69, 9.17) is 0 Å². The fraction of sp³-hybridized carbons (Fsp3) is 0.750. The Bertz CT molecular complexity index is 203. The van der Waals surface area contributed by atoms with Gasteiger partial charge in [-0.05, 0) is 6.92 Å². The first-order chi connectivity index (χ1) is 5.69. The van der Waals surface area contributed by atoms with Crippen molar-refractivity contribution in [3.63, 3.8) is 0 Å². The predicted molar refractivity (Wildman–Crippen MR) is 49.2 cm³/mol. The van der Waals surface area contributed by atoms with Gasteiger partial charge in [-0.25, -0.2) is 0 Å². The largest absolute Gasteiger partial charge is 0.342 e. The van der Waals surface area contributed by atoms with Gasteiger partial charge in [-0.3, -0.25) is 9.59 Å². The molecule has 1 rings (SSSR count). The van der Waals surface area contributed by atoms with Crippen LogP contribution in [-0.2, 0) is 9.59 Å². The summed E-state index contributed by atoms with van der Waals surface area (Å²) in [4.78, 5) is 24.1. The molecule has 0 aromatic rings. The molecule has 1 aliphatic rings. The van der Waals surface area contributed by atoms with E-state index < -0.39 is 0 Å². The van der Waals surface area contributed by atoms with E-state index in [-0.39, 0.29) is 17.6 Å². The van der Waals surface area contributed by atoms with E-state index in [1.807, 2.05) is 6.92 Å². The molecular weight excluding hydrogens is 222 g/mol. The Morgan fingerprint density at radius 3 is 2.83 bits per heavy atom. The van der Waals surface area contributed by atoms with Crippen LogP contribution in [0.15, 0.2) is 0 Å². The lowest BCUT2D eigenvalue weighted by Gasteiger charge is -2.12. The third-order valence-corrected chi connectivity index (χ3v) is 2.74. The summed E-state index contributed by atoms with van der Waals surface area (Å²) in [7, 11) is 0. The van der Waals surface area contributed by atoms with Crippen LogP contribution in [0.3, 0.4) is 0 Å². The summed E-state index contributed by atoms with van der Waals surface area (Å²) < 4.78 is 0. The minimum atomic E-state index is -0.0724. The van der Waals surface area contributed by atoms with Crippen molar-refractivity contribution in [2.24, 2.45) is 5.92 Å². The van der Waals surface area contributed by atoms with Crippen molar-refractivity contribution in [1.82, 2.24) is 4.90 Å². The van der Waals surface area contributed by atoms with Crippen LogP contribution in [0.25, 0.3) is 0 Å². The Kier molecular flexibility index (Phi) is 3.26. The SMILES string of the molecule is CCN1CC(C(=O)CBr)CC1=O. The van der Waals surface area contributed by atoms with Gasteiger partial charge in [0.1, 0.15) is 5.78 Å². The van der Waals surface area contributed by atoms with E-state index in [1.54, 1.807) is 4.90 Å². The Balaban J connectivity index is 2.54. The number of carbonyl (C=O) groups excluding carboxylic acids is 2. The Labute approximate surface area is 80.2 Å². The summed E-state index contributed by atoms with van der Waals surface area (Å²) in [6, 6.07) is 0. The van der Waals surface area contributed by atoms with Crippen LogP contribution < -0.4 is 0 Å². The molecule has 1 aliphatic heterocycles. The Morgan fingerprint density at radius 1 is 1.75 bits per heavy atom. The quantitative estimate of drug-likeness (QED) is 0.678. The van der Waals surface area contributed by atoms with Crippen LogP contribution in [0, 0.1) is 5.92 Å². The van der Waals surface area contributed by atoms with Crippen LogP contribution in [0.4, 0.5) is 0 Å². The average Bonchev–Trinajstić information content (AvgIpc) is 2.45. The van der Waals surface area contributed by atoms with Crippen LogP contribution in [0.2, 0.25) is 0 Å². The van der Waals surface area contributed by atoms with Crippen molar-refractivity contribution >= 4 is 27.6 Å². The van der Waals surface area contributed by atoms with E-state index >= 15 is 0 Å². The van der Waals surface area contributed by atoms with Gasteiger partial charge < -0.3 is 4.90 Å². The smallest absolute Gasteiger partial charge is 0.223 e. The number of likely N-dealkylation sites (tertiary alicyclic amines) is 1. The van der Waals surface area contributed by atoms with Gasteiger partial charge in [-0.15, -0.1) is 0 Å². The zero-order valence-electron chi connectivity index (χ0n) is 7.05. The molecule has 1 saturated heterocycles. The van der Waals surface area contributed by atoms with Gasteiger partial charge in [0.05, 0.1) is 5.33 Å². The lowest BCUT2D eigenvalue weighted by Crippen LogP contribution is -2.25. The highest BCUT2D eigenvalue weighted by molar-refractivity contribution is 9.09. The molecule has 0 N–H and O–H groups in total. The molecule has 1 unspecified atom stereocenters. The minimum Gasteiger partial charge on any atom is -0.342 e. The van der Waals surface area contributed by atoms with Crippen LogP contribution >= 0.6 is 15.9 Å². The number of alkyl halides is 1. The molecule has 0 aliphatic carbocycles. The molecule has 68 valence electrons.